The van der Waals surface area contributed by atoms with Gasteiger partial charge in [0.2, 0.25) is 0 Å². The van der Waals surface area contributed by atoms with Crippen LogP contribution in [-0.4, -0.2) is 30.2 Å². The molecule has 1 N–H and O–H groups in total. The molecule has 3 nitrogen and oxygen atoms in total. The lowest BCUT2D eigenvalue weighted by Gasteiger charge is -2.31. The predicted octanol–water partition coefficient (Wildman–Crippen LogP) is 0.281. The first-order valence-corrected chi connectivity index (χ1v) is 3.67. The quantitative estimate of drug-likeness (QED) is 0.471. The molecule has 1 fully saturated rings. The fraction of sp³-hybridized carbons (Fsp3) is 0.625. The van der Waals surface area contributed by atoms with Crippen LogP contribution in [-0.2, 0) is 9.53 Å². The Labute approximate surface area is 65.7 Å². The molecule has 62 valence electrons. The van der Waals surface area contributed by atoms with Gasteiger partial charge >= 0.3 is 0 Å². The van der Waals surface area contributed by atoms with Gasteiger partial charge in [-0.3, -0.25) is 4.79 Å². The largest absolute Gasteiger partial charge is 0.386 e. The average Bonchev–Trinajstić information content (AvgIpc) is 1.84. The van der Waals surface area contributed by atoms with E-state index in [1.165, 1.54) is 6.08 Å². The predicted molar refractivity (Wildman–Crippen MR) is 40.2 cm³/mol. The van der Waals surface area contributed by atoms with Crippen LogP contribution in [0.15, 0.2) is 11.6 Å². The Morgan fingerprint density at radius 2 is 2.45 bits per heavy atom. The lowest BCUT2D eigenvalue weighted by atomic mass is 10.0. The van der Waals surface area contributed by atoms with E-state index in [-0.39, 0.29) is 6.10 Å². The molecular formula is C8H12O3. The highest BCUT2D eigenvalue weighted by Crippen LogP contribution is 2.19. The molecule has 1 rings (SSSR count). The molecule has 0 aliphatic carbocycles. The molecular weight excluding hydrogens is 144 g/mol. The van der Waals surface area contributed by atoms with Gasteiger partial charge in [0.15, 0.2) is 0 Å². The van der Waals surface area contributed by atoms with Crippen molar-refractivity contribution >= 4 is 6.29 Å². The van der Waals surface area contributed by atoms with E-state index >= 15 is 0 Å². The number of carbonyl (C=O) groups excluding carboxylic acids is 1. The van der Waals surface area contributed by atoms with E-state index < -0.39 is 6.10 Å². The van der Waals surface area contributed by atoms with Gasteiger partial charge in [0.25, 0.3) is 0 Å². The van der Waals surface area contributed by atoms with E-state index in [1.807, 2.05) is 0 Å². The first kappa shape index (κ1) is 8.43. The molecule has 0 bridgehead atoms. The minimum atomic E-state index is -0.603. The van der Waals surface area contributed by atoms with Crippen molar-refractivity contribution in [2.75, 3.05) is 6.61 Å². The van der Waals surface area contributed by atoms with Crippen LogP contribution >= 0.6 is 0 Å². The standard InChI is InChI=1S/C8H12O3/c1-6(2-4-9)8(10)7-3-5-11-7/h2,4,7-8,10H,3,5H2,1H3. The lowest BCUT2D eigenvalue weighted by Crippen LogP contribution is -2.38. The summed E-state index contributed by atoms with van der Waals surface area (Å²) < 4.78 is 5.05. The third-order valence-corrected chi connectivity index (χ3v) is 1.88. The molecule has 11 heavy (non-hydrogen) atoms. The Morgan fingerprint density at radius 3 is 2.82 bits per heavy atom. The third kappa shape index (κ3) is 1.88. The summed E-state index contributed by atoms with van der Waals surface area (Å²) in [6.07, 6.45) is 2.23. The smallest absolute Gasteiger partial charge is 0.142 e. The number of allylic oxidation sites excluding steroid dienone is 1. The molecule has 2 unspecified atom stereocenters. The Morgan fingerprint density at radius 1 is 1.82 bits per heavy atom. The third-order valence-electron chi connectivity index (χ3n) is 1.88. The van der Waals surface area contributed by atoms with E-state index in [4.69, 9.17) is 4.74 Å². The topological polar surface area (TPSA) is 46.5 Å². The molecule has 0 aromatic carbocycles. The number of hydrogen-bond acceptors (Lipinski definition) is 3. The van der Waals surface area contributed by atoms with E-state index in [0.29, 0.717) is 11.9 Å². The van der Waals surface area contributed by atoms with Crippen LogP contribution in [0.25, 0.3) is 0 Å². The van der Waals surface area contributed by atoms with Gasteiger partial charge in [0, 0.05) is 6.61 Å². The van der Waals surface area contributed by atoms with Crippen LogP contribution in [0.5, 0.6) is 0 Å². The minimum Gasteiger partial charge on any atom is -0.386 e. The van der Waals surface area contributed by atoms with Crippen LogP contribution in [0.3, 0.4) is 0 Å². The maximum atomic E-state index is 10.0. The summed E-state index contributed by atoms with van der Waals surface area (Å²) in [5.41, 5.74) is 0.671. The highest BCUT2D eigenvalue weighted by molar-refractivity contribution is 5.66. The van der Waals surface area contributed by atoms with E-state index in [1.54, 1.807) is 6.92 Å². The van der Waals surface area contributed by atoms with Crippen LogP contribution in [0.2, 0.25) is 0 Å². The first-order valence-electron chi connectivity index (χ1n) is 3.67. The number of carbonyl (C=O) groups is 1. The molecule has 0 amide bonds. The van der Waals surface area contributed by atoms with Crippen molar-refractivity contribution in [1.29, 1.82) is 0 Å². The van der Waals surface area contributed by atoms with Crippen molar-refractivity contribution in [3.63, 3.8) is 0 Å². The molecule has 0 saturated carbocycles. The Kier molecular flexibility index (Phi) is 2.79. The van der Waals surface area contributed by atoms with Crippen molar-refractivity contribution in [2.24, 2.45) is 0 Å². The fourth-order valence-corrected chi connectivity index (χ4v) is 1.00. The van der Waals surface area contributed by atoms with Gasteiger partial charge in [-0.1, -0.05) is 0 Å². The maximum absolute atomic E-state index is 10.0. The number of ether oxygens (including phenoxy) is 1. The van der Waals surface area contributed by atoms with Gasteiger partial charge in [-0.2, -0.15) is 0 Å². The van der Waals surface area contributed by atoms with Gasteiger partial charge in [0.1, 0.15) is 12.4 Å². The zero-order chi connectivity index (χ0) is 8.27. The molecule has 0 spiro atoms. The normalized spacial score (nSPS) is 27.5. The van der Waals surface area contributed by atoms with Gasteiger partial charge in [-0.25, -0.2) is 0 Å². The van der Waals surface area contributed by atoms with Crippen LogP contribution < -0.4 is 0 Å². The summed E-state index contributed by atoms with van der Waals surface area (Å²) in [5.74, 6) is 0. The van der Waals surface area contributed by atoms with E-state index in [2.05, 4.69) is 0 Å². The molecule has 2 atom stereocenters. The molecule has 0 aromatic heterocycles. The Hall–Kier alpha value is -0.670. The second kappa shape index (κ2) is 3.64. The van der Waals surface area contributed by atoms with E-state index in [0.717, 1.165) is 13.0 Å². The molecule has 0 aromatic rings. The zero-order valence-electron chi connectivity index (χ0n) is 6.49. The highest BCUT2D eigenvalue weighted by Gasteiger charge is 2.27. The van der Waals surface area contributed by atoms with Gasteiger partial charge < -0.3 is 9.84 Å². The molecule has 1 aliphatic heterocycles. The number of aliphatic hydroxyl groups is 1. The molecule has 3 heteroatoms. The van der Waals surface area contributed by atoms with Crippen LogP contribution in [0, 0.1) is 0 Å². The Bertz CT molecular complexity index is 170. The highest BCUT2D eigenvalue weighted by atomic mass is 16.5. The minimum absolute atomic E-state index is 0.0915. The van der Waals surface area contributed by atoms with Crippen molar-refractivity contribution in [3.05, 3.63) is 11.6 Å². The van der Waals surface area contributed by atoms with Crippen molar-refractivity contribution in [1.82, 2.24) is 0 Å². The summed E-state index contributed by atoms with van der Waals surface area (Å²) in [4.78, 5) is 10.0. The second-order valence-corrected chi connectivity index (χ2v) is 2.69. The van der Waals surface area contributed by atoms with Crippen molar-refractivity contribution < 1.29 is 14.6 Å². The zero-order valence-corrected chi connectivity index (χ0v) is 6.49. The fourth-order valence-electron chi connectivity index (χ4n) is 1.00. The molecule has 1 aliphatic rings. The van der Waals surface area contributed by atoms with Crippen LogP contribution in [0.1, 0.15) is 13.3 Å². The van der Waals surface area contributed by atoms with Gasteiger partial charge in [-0.15, -0.1) is 0 Å². The summed E-state index contributed by atoms with van der Waals surface area (Å²) in [6.45, 7) is 2.44. The molecule has 1 heterocycles. The average molecular weight is 156 g/mol. The van der Waals surface area contributed by atoms with E-state index in [9.17, 15) is 9.90 Å². The summed E-state index contributed by atoms with van der Waals surface area (Å²) in [7, 11) is 0. The monoisotopic (exact) mass is 156 g/mol. The number of aliphatic hydroxyl groups excluding tert-OH is 1. The first-order chi connectivity index (χ1) is 5.25. The van der Waals surface area contributed by atoms with Crippen molar-refractivity contribution in [3.8, 4) is 0 Å². The number of hydrogen-bond donors (Lipinski definition) is 1. The summed E-state index contributed by atoms with van der Waals surface area (Å²) >= 11 is 0. The summed E-state index contributed by atoms with van der Waals surface area (Å²) in [5, 5.41) is 9.42. The second-order valence-electron chi connectivity index (χ2n) is 2.69. The SMILES string of the molecule is CC(=CC=O)C(O)C1CCO1. The van der Waals surface area contributed by atoms with Crippen molar-refractivity contribution in [2.45, 2.75) is 25.6 Å². The molecule has 1 saturated heterocycles. The number of rotatable bonds is 3. The lowest BCUT2D eigenvalue weighted by molar-refractivity contribution is -0.107. The molecule has 0 radical (unpaired) electrons. The Balaban J connectivity index is 2.44. The van der Waals surface area contributed by atoms with Gasteiger partial charge in [0.05, 0.1) is 6.10 Å². The number of aldehydes is 1. The van der Waals surface area contributed by atoms with Gasteiger partial charge in [-0.05, 0) is 25.0 Å². The van der Waals surface area contributed by atoms with Crippen LogP contribution in [0.4, 0.5) is 0 Å². The maximum Gasteiger partial charge on any atom is 0.142 e. The summed E-state index contributed by atoms with van der Waals surface area (Å²) in [6, 6.07) is 0.